The number of benzene rings is 1. The maximum absolute atomic E-state index is 13.6. The fourth-order valence-electron chi connectivity index (χ4n) is 2.38. The van der Waals surface area contributed by atoms with Gasteiger partial charge in [-0.2, -0.15) is 4.98 Å². The van der Waals surface area contributed by atoms with Gasteiger partial charge in [-0.25, -0.2) is 8.78 Å². The molecule has 0 atom stereocenters. The molecule has 0 spiro atoms. The van der Waals surface area contributed by atoms with E-state index in [0.29, 0.717) is 22.6 Å². The fourth-order valence-corrected chi connectivity index (χ4v) is 2.99. The first kappa shape index (κ1) is 19.8. The lowest BCUT2D eigenvalue weighted by atomic mass is 10.2. The van der Waals surface area contributed by atoms with E-state index in [-0.39, 0.29) is 24.6 Å². The molecular formula is C18H13F2N5O4S. The van der Waals surface area contributed by atoms with Crippen molar-refractivity contribution < 1.29 is 26.9 Å². The van der Waals surface area contributed by atoms with Crippen LogP contribution in [0.25, 0.3) is 11.7 Å². The first-order valence-corrected chi connectivity index (χ1v) is 9.62. The van der Waals surface area contributed by atoms with Crippen LogP contribution in [0.5, 0.6) is 0 Å². The summed E-state index contributed by atoms with van der Waals surface area (Å²) in [4.78, 5) is 16.1. The van der Waals surface area contributed by atoms with Gasteiger partial charge in [-0.3, -0.25) is 4.79 Å². The Bertz CT molecular complexity index is 1130. The Hall–Kier alpha value is -3.54. The molecule has 0 saturated heterocycles. The second-order valence-corrected chi connectivity index (χ2v) is 6.81. The summed E-state index contributed by atoms with van der Waals surface area (Å²) in [5, 5.41) is 14.1. The molecule has 0 aliphatic rings. The minimum atomic E-state index is -0.850. The van der Waals surface area contributed by atoms with Crippen molar-refractivity contribution in [3.8, 4) is 11.7 Å². The van der Waals surface area contributed by atoms with Crippen molar-refractivity contribution in [3.63, 3.8) is 0 Å². The third-order valence-electron chi connectivity index (χ3n) is 3.77. The standard InChI is InChI=1S/C18H13F2N5O4S/c19-10-3-1-4-11(20)16(10)22-14(26)6-7-15-21-13(25-29-15)9-30-18-24-23-17(28-18)12-5-2-8-27-12/h1-5,8H,6-7,9H2,(H,22,26). The molecule has 0 radical (unpaired) electrons. The molecule has 12 heteroatoms. The number of nitrogens with one attached hydrogen (secondary N) is 1. The van der Waals surface area contributed by atoms with E-state index in [1.165, 1.54) is 24.1 Å². The second kappa shape index (κ2) is 8.86. The van der Waals surface area contributed by atoms with Crippen LogP contribution in [0.3, 0.4) is 0 Å². The van der Waals surface area contributed by atoms with Gasteiger partial charge in [-0.15, -0.1) is 10.2 Å². The molecule has 0 fully saturated rings. The van der Waals surface area contributed by atoms with E-state index in [2.05, 4.69) is 25.7 Å². The predicted octanol–water partition coefficient (Wildman–Crippen LogP) is 3.85. The van der Waals surface area contributed by atoms with Gasteiger partial charge in [0.2, 0.25) is 11.8 Å². The van der Waals surface area contributed by atoms with Crippen molar-refractivity contribution in [1.82, 2.24) is 20.3 Å². The molecule has 0 aliphatic heterocycles. The first-order chi connectivity index (χ1) is 14.6. The average molecular weight is 433 g/mol. The Morgan fingerprint density at radius 1 is 1.13 bits per heavy atom. The van der Waals surface area contributed by atoms with Gasteiger partial charge in [0.15, 0.2) is 11.6 Å². The summed E-state index contributed by atoms with van der Waals surface area (Å²) in [6.07, 6.45) is 1.53. The molecule has 30 heavy (non-hydrogen) atoms. The summed E-state index contributed by atoms with van der Waals surface area (Å²) in [6.45, 7) is 0. The summed E-state index contributed by atoms with van der Waals surface area (Å²) in [5.41, 5.74) is -0.487. The number of carbonyl (C=O) groups excluding carboxylic acids is 1. The molecule has 1 amide bonds. The minimum absolute atomic E-state index is 0.0846. The highest BCUT2D eigenvalue weighted by atomic mass is 32.2. The molecule has 0 saturated carbocycles. The Morgan fingerprint density at radius 2 is 1.97 bits per heavy atom. The van der Waals surface area contributed by atoms with Crippen LogP contribution in [0.15, 0.2) is 55.2 Å². The second-order valence-electron chi connectivity index (χ2n) is 5.89. The molecular weight excluding hydrogens is 420 g/mol. The number of halogens is 2. The third-order valence-corrected chi connectivity index (χ3v) is 4.58. The molecule has 4 rings (SSSR count). The predicted molar refractivity (Wildman–Crippen MR) is 99.2 cm³/mol. The van der Waals surface area contributed by atoms with Gasteiger partial charge in [-0.1, -0.05) is 23.0 Å². The number of carbonyl (C=O) groups is 1. The molecule has 1 N–H and O–H groups in total. The van der Waals surface area contributed by atoms with E-state index in [0.717, 1.165) is 12.1 Å². The van der Waals surface area contributed by atoms with Crippen LogP contribution < -0.4 is 5.32 Å². The molecule has 9 nitrogen and oxygen atoms in total. The van der Waals surface area contributed by atoms with Gasteiger partial charge in [0.1, 0.15) is 17.3 Å². The quantitative estimate of drug-likeness (QED) is 0.413. The van der Waals surface area contributed by atoms with Gasteiger partial charge in [0, 0.05) is 12.8 Å². The van der Waals surface area contributed by atoms with Crippen LogP contribution in [0.2, 0.25) is 0 Å². The average Bonchev–Trinajstić information content (AvgIpc) is 3.49. The van der Waals surface area contributed by atoms with Crippen molar-refractivity contribution in [2.75, 3.05) is 5.32 Å². The van der Waals surface area contributed by atoms with E-state index >= 15 is 0 Å². The number of amides is 1. The van der Waals surface area contributed by atoms with Gasteiger partial charge < -0.3 is 18.7 Å². The third kappa shape index (κ3) is 4.71. The molecule has 154 valence electrons. The summed E-state index contributed by atoms with van der Waals surface area (Å²) >= 11 is 1.20. The smallest absolute Gasteiger partial charge is 0.284 e. The SMILES string of the molecule is O=C(CCc1nc(CSc2nnc(-c3ccco3)o2)no1)Nc1c(F)cccc1F. The van der Waals surface area contributed by atoms with Crippen molar-refractivity contribution in [2.24, 2.45) is 0 Å². The zero-order valence-electron chi connectivity index (χ0n) is 15.2. The number of thioether (sulfide) groups is 1. The topological polar surface area (TPSA) is 120 Å². The zero-order chi connectivity index (χ0) is 20.9. The summed E-state index contributed by atoms with van der Waals surface area (Å²) in [5.74, 6) is -0.670. The van der Waals surface area contributed by atoms with Gasteiger partial charge in [-0.05, 0) is 24.3 Å². The summed E-state index contributed by atoms with van der Waals surface area (Å²) in [7, 11) is 0. The highest BCUT2D eigenvalue weighted by Crippen LogP contribution is 2.25. The van der Waals surface area contributed by atoms with Gasteiger partial charge >= 0.3 is 0 Å². The lowest BCUT2D eigenvalue weighted by molar-refractivity contribution is -0.116. The highest BCUT2D eigenvalue weighted by molar-refractivity contribution is 7.98. The lowest BCUT2D eigenvalue weighted by Gasteiger charge is -2.06. The van der Waals surface area contributed by atoms with E-state index < -0.39 is 23.2 Å². The van der Waals surface area contributed by atoms with E-state index in [1.807, 2.05) is 0 Å². The molecule has 1 aromatic carbocycles. The van der Waals surface area contributed by atoms with Gasteiger partial charge in [0.05, 0.1) is 12.0 Å². The number of aromatic nitrogens is 4. The number of anilines is 1. The minimum Gasteiger partial charge on any atom is -0.459 e. The molecule has 3 aromatic heterocycles. The monoisotopic (exact) mass is 433 g/mol. The van der Waals surface area contributed by atoms with Crippen molar-refractivity contribution in [3.05, 3.63) is 59.9 Å². The molecule has 3 heterocycles. The maximum atomic E-state index is 13.6. The van der Waals surface area contributed by atoms with Crippen molar-refractivity contribution >= 4 is 23.4 Å². The van der Waals surface area contributed by atoms with Gasteiger partial charge in [0.25, 0.3) is 11.1 Å². The zero-order valence-corrected chi connectivity index (χ0v) is 16.0. The lowest BCUT2D eigenvalue weighted by Crippen LogP contribution is -2.14. The molecule has 4 aromatic rings. The van der Waals surface area contributed by atoms with Crippen molar-refractivity contribution in [2.45, 2.75) is 23.8 Å². The Labute approximate surface area is 171 Å². The molecule has 0 bridgehead atoms. The Balaban J connectivity index is 1.27. The normalized spacial score (nSPS) is 11.0. The van der Waals surface area contributed by atoms with E-state index in [9.17, 15) is 13.6 Å². The first-order valence-electron chi connectivity index (χ1n) is 8.64. The summed E-state index contributed by atoms with van der Waals surface area (Å²) < 4.78 is 42.8. The Kier molecular flexibility index (Phi) is 5.84. The maximum Gasteiger partial charge on any atom is 0.284 e. The number of hydrogen-bond donors (Lipinski definition) is 1. The number of aryl methyl sites for hydroxylation is 1. The van der Waals surface area contributed by atoms with E-state index in [4.69, 9.17) is 13.4 Å². The number of furan rings is 1. The number of para-hydroxylation sites is 1. The largest absolute Gasteiger partial charge is 0.459 e. The van der Waals surface area contributed by atoms with Crippen LogP contribution in [0.4, 0.5) is 14.5 Å². The Morgan fingerprint density at radius 3 is 2.73 bits per heavy atom. The van der Waals surface area contributed by atoms with Crippen LogP contribution >= 0.6 is 11.8 Å². The number of nitrogens with zero attached hydrogens (tertiary/aromatic N) is 4. The molecule has 0 unspecified atom stereocenters. The summed E-state index contributed by atoms with van der Waals surface area (Å²) in [6, 6.07) is 6.73. The van der Waals surface area contributed by atoms with Crippen LogP contribution in [0, 0.1) is 11.6 Å². The van der Waals surface area contributed by atoms with Crippen LogP contribution in [-0.2, 0) is 17.0 Å². The van der Waals surface area contributed by atoms with Crippen LogP contribution in [-0.4, -0.2) is 26.2 Å². The highest BCUT2D eigenvalue weighted by Gasteiger charge is 2.15. The fraction of sp³-hybridized carbons (Fsp3) is 0.167. The van der Waals surface area contributed by atoms with Crippen LogP contribution in [0.1, 0.15) is 18.1 Å². The number of rotatable bonds is 8. The molecule has 0 aliphatic carbocycles. The number of hydrogen-bond acceptors (Lipinski definition) is 9. The van der Waals surface area contributed by atoms with E-state index in [1.54, 1.807) is 12.1 Å². The van der Waals surface area contributed by atoms with Crippen molar-refractivity contribution in [1.29, 1.82) is 0 Å².